The molecule has 6 heteroatoms. The van der Waals surface area contributed by atoms with Crippen LogP contribution in [0.2, 0.25) is 0 Å². The maximum absolute atomic E-state index is 12.7. The van der Waals surface area contributed by atoms with E-state index in [2.05, 4.69) is 9.88 Å². The van der Waals surface area contributed by atoms with E-state index in [1.165, 1.54) is 12.1 Å². The van der Waals surface area contributed by atoms with Crippen LogP contribution < -0.4 is 0 Å². The highest BCUT2D eigenvalue weighted by Gasteiger charge is 2.29. The maximum Gasteiger partial charge on any atom is 0.416 e. The van der Waals surface area contributed by atoms with E-state index in [4.69, 9.17) is 4.42 Å². The first-order valence-corrected chi connectivity index (χ1v) is 7.80. The van der Waals surface area contributed by atoms with Crippen LogP contribution in [0.15, 0.2) is 71.6 Å². The third-order valence-electron chi connectivity index (χ3n) is 3.78. The molecular formula is C19H17F3N2O. The van der Waals surface area contributed by atoms with E-state index in [0.29, 0.717) is 19.6 Å². The molecule has 3 nitrogen and oxygen atoms in total. The van der Waals surface area contributed by atoms with Gasteiger partial charge in [0.05, 0.1) is 18.4 Å². The molecule has 0 radical (unpaired) electrons. The van der Waals surface area contributed by atoms with Crippen LogP contribution in [0.5, 0.6) is 0 Å². The van der Waals surface area contributed by atoms with Crippen LogP contribution in [0, 0.1) is 0 Å². The molecule has 0 fully saturated rings. The number of nitrogens with zero attached hydrogens (tertiary/aromatic N) is 2. The Morgan fingerprint density at radius 1 is 0.880 bits per heavy atom. The summed E-state index contributed by atoms with van der Waals surface area (Å²) in [7, 11) is 0. The van der Waals surface area contributed by atoms with Gasteiger partial charge in [0.1, 0.15) is 5.76 Å². The van der Waals surface area contributed by atoms with Gasteiger partial charge in [-0.1, -0.05) is 18.2 Å². The minimum atomic E-state index is -4.32. The lowest BCUT2D eigenvalue weighted by Crippen LogP contribution is -2.22. The summed E-state index contributed by atoms with van der Waals surface area (Å²) in [4.78, 5) is 6.20. The molecule has 0 amide bonds. The van der Waals surface area contributed by atoms with Crippen molar-refractivity contribution in [3.05, 3.63) is 89.6 Å². The number of furan rings is 1. The molecule has 130 valence electrons. The van der Waals surface area contributed by atoms with Gasteiger partial charge in [0.15, 0.2) is 0 Å². The number of aromatic nitrogens is 1. The van der Waals surface area contributed by atoms with Crippen molar-refractivity contribution in [3.8, 4) is 0 Å². The summed E-state index contributed by atoms with van der Waals surface area (Å²) in [6.07, 6.45) is 0.774. The van der Waals surface area contributed by atoms with Crippen LogP contribution in [0.3, 0.4) is 0 Å². The Hall–Kier alpha value is -2.60. The number of halogens is 3. The molecule has 0 atom stereocenters. The maximum atomic E-state index is 12.7. The van der Waals surface area contributed by atoms with E-state index in [0.717, 1.165) is 29.0 Å². The van der Waals surface area contributed by atoms with Crippen molar-refractivity contribution in [2.24, 2.45) is 0 Å². The van der Waals surface area contributed by atoms with Gasteiger partial charge in [-0.2, -0.15) is 13.2 Å². The van der Waals surface area contributed by atoms with Gasteiger partial charge in [-0.15, -0.1) is 0 Å². The third kappa shape index (κ3) is 4.93. The Kier molecular flexibility index (Phi) is 5.19. The largest absolute Gasteiger partial charge is 0.468 e. The zero-order valence-corrected chi connectivity index (χ0v) is 13.4. The normalized spacial score (nSPS) is 11.8. The fraction of sp³-hybridized carbons (Fsp3) is 0.211. The average molecular weight is 346 g/mol. The quantitative estimate of drug-likeness (QED) is 0.636. The van der Waals surface area contributed by atoms with Gasteiger partial charge in [-0.05, 0) is 41.5 Å². The van der Waals surface area contributed by atoms with E-state index in [1.54, 1.807) is 18.7 Å². The van der Waals surface area contributed by atoms with Crippen molar-refractivity contribution in [2.45, 2.75) is 25.8 Å². The molecule has 0 aliphatic heterocycles. The predicted octanol–water partition coefficient (Wildman–Crippen LogP) is 4.90. The third-order valence-corrected chi connectivity index (χ3v) is 3.78. The van der Waals surface area contributed by atoms with Gasteiger partial charge in [-0.25, -0.2) is 0 Å². The summed E-state index contributed by atoms with van der Waals surface area (Å²) >= 11 is 0. The molecule has 0 unspecified atom stereocenters. The van der Waals surface area contributed by atoms with Crippen LogP contribution in [-0.4, -0.2) is 9.88 Å². The number of hydrogen-bond acceptors (Lipinski definition) is 3. The number of pyridine rings is 1. The van der Waals surface area contributed by atoms with E-state index in [1.807, 2.05) is 24.3 Å². The summed E-state index contributed by atoms with van der Waals surface area (Å²) in [6, 6.07) is 12.8. The molecule has 0 aliphatic carbocycles. The van der Waals surface area contributed by atoms with Gasteiger partial charge in [0.25, 0.3) is 0 Å². The number of rotatable bonds is 6. The van der Waals surface area contributed by atoms with Crippen molar-refractivity contribution in [1.82, 2.24) is 9.88 Å². The molecule has 1 aromatic carbocycles. The molecule has 0 bridgehead atoms. The lowest BCUT2D eigenvalue weighted by molar-refractivity contribution is -0.137. The van der Waals surface area contributed by atoms with E-state index in [-0.39, 0.29) is 0 Å². The van der Waals surface area contributed by atoms with Crippen LogP contribution in [0.4, 0.5) is 13.2 Å². The molecule has 0 saturated carbocycles. The fourth-order valence-corrected chi connectivity index (χ4v) is 2.60. The second-order valence-electron chi connectivity index (χ2n) is 5.78. The highest BCUT2D eigenvalue weighted by molar-refractivity contribution is 5.24. The van der Waals surface area contributed by atoms with Crippen LogP contribution in [-0.2, 0) is 25.8 Å². The first kappa shape index (κ1) is 17.2. The molecule has 2 aromatic heterocycles. The average Bonchev–Trinajstić information content (AvgIpc) is 3.08. The summed E-state index contributed by atoms with van der Waals surface area (Å²) in [5.74, 6) is 0.802. The van der Waals surface area contributed by atoms with Gasteiger partial charge in [-0.3, -0.25) is 9.88 Å². The number of alkyl halides is 3. The van der Waals surface area contributed by atoms with Crippen LogP contribution >= 0.6 is 0 Å². The first-order chi connectivity index (χ1) is 12.0. The molecule has 0 spiro atoms. The van der Waals surface area contributed by atoms with Gasteiger partial charge in [0.2, 0.25) is 0 Å². The Morgan fingerprint density at radius 3 is 2.24 bits per heavy atom. The van der Waals surface area contributed by atoms with Gasteiger partial charge < -0.3 is 4.42 Å². The molecule has 3 rings (SSSR count). The van der Waals surface area contributed by atoms with Crippen molar-refractivity contribution in [1.29, 1.82) is 0 Å². The van der Waals surface area contributed by atoms with E-state index >= 15 is 0 Å². The Morgan fingerprint density at radius 2 is 1.64 bits per heavy atom. The van der Waals surface area contributed by atoms with Gasteiger partial charge in [0, 0.05) is 25.5 Å². The Bertz CT molecular complexity index is 769. The van der Waals surface area contributed by atoms with Crippen LogP contribution in [0.25, 0.3) is 0 Å². The smallest absolute Gasteiger partial charge is 0.416 e. The Labute approximate surface area is 143 Å². The zero-order chi connectivity index (χ0) is 17.7. The highest BCUT2D eigenvalue weighted by Crippen LogP contribution is 2.29. The van der Waals surface area contributed by atoms with Crippen molar-refractivity contribution >= 4 is 0 Å². The van der Waals surface area contributed by atoms with E-state index in [9.17, 15) is 13.2 Å². The lowest BCUT2D eigenvalue weighted by Gasteiger charge is -2.21. The van der Waals surface area contributed by atoms with Crippen molar-refractivity contribution in [2.75, 3.05) is 0 Å². The number of hydrogen-bond donors (Lipinski definition) is 0. The SMILES string of the molecule is FC(F)(F)c1ccc(CN(Cc2cccnc2)Cc2ccco2)cc1. The zero-order valence-electron chi connectivity index (χ0n) is 13.4. The second-order valence-corrected chi connectivity index (χ2v) is 5.78. The monoisotopic (exact) mass is 346 g/mol. The molecule has 3 aromatic rings. The van der Waals surface area contributed by atoms with E-state index < -0.39 is 11.7 Å². The topological polar surface area (TPSA) is 29.3 Å². The molecule has 25 heavy (non-hydrogen) atoms. The summed E-state index contributed by atoms with van der Waals surface area (Å²) in [6.45, 7) is 1.69. The summed E-state index contributed by atoms with van der Waals surface area (Å²) < 4.78 is 43.5. The Balaban J connectivity index is 1.74. The number of benzene rings is 1. The molecule has 2 heterocycles. The molecule has 0 saturated heterocycles. The van der Waals surface area contributed by atoms with Crippen molar-refractivity contribution < 1.29 is 17.6 Å². The minimum Gasteiger partial charge on any atom is -0.468 e. The summed E-state index contributed by atoms with van der Waals surface area (Å²) in [5.41, 5.74) is 1.20. The highest BCUT2D eigenvalue weighted by atomic mass is 19.4. The minimum absolute atomic E-state index is 0.508. The fourth-order valence-electron chi connectivity index (χ4n) is 2.60. The van der Waals surface area contributed by atoms with Crippen molar-refractivity contribution in [3.63, 3.8) is 0 Å². The second kappa shape index (κ2) is 7.53. The first-order valence-electron chi connectivity index (χ1n) is 7.80. The standard InChI is InChI=1S/C19H17F3N2O/c20-19(21,22)17-7-5-15(6-8-17)12-24(14-18-4-2-10-25-18)13-16-3-1-9-23-11-16/h1-11H,12-14H2. The summed E-state index contributed by atoms with van der Waals surface area (Å²) in [5, 5.41) is 0. The lowest BCUT2D eigenvalue weighted by atomic mass is 10.1. The van der Waals surface area contributed by atoms with Crippen LogP contribution in [0.1, 0.15) is 22.5 Å². The molecule has 0 aliphatic rings. The predicted molar refractivity (Wildman–Crippen MR) is 87.3 cm³/mol. The van der Waals surface area contributed by atoms with Gasteiger partial charge >= 0.3 is 6.18 Å². The molecular weight excluding hydrogens is 329 g/mol. The molecule has 0 N–H and O–H groups in total.